The number of rotatable bonds is 4. The van der Waals surface area contributed by atoms with Crippen LogP contribution in [0.2, 0.25) is 0 Å². The summed E-state index contributed by atoms with van der Waals surface area (Å²) >= 11 is 0. The molecule has 0 saturated carbocycles. The van der Waals surface area contributed by atoms with Crippen LogP contribution in [0.25, 0.3) is 0 Å². The standard InChI is InChI=1S/C8H10O3/c1-7(9)5-10-6-8-3-2-4-11-8/h2-4H,5-6H2,1H3. The van der Waals surface area contributed by atoms with Crippen molar-refractivity contribution in [2.45, 2.75) is 13.5 Å². The predicted octanol–water partition coefficient (Wildman–Crippen LogP) is 1.39. The van der Waals surface area contributed by atoms with E-state index in [0.29, 0.717) is 6.61 Å². The molecule has 3 nitrogen and oxygen atoms in total. The van der Waals surface area contributed by atoms with Crippen LogP contribution in [-0.2, 0) is 16.1 Å². The molecule has 0 atom stereocenters. The number of furan rings is 1. The Morgan fingerprint density at radius 2 is 2.55 bits per heavy atom. The maximum Gasteiger partial charge on any atom is 0.155 e. The Bertz CT molecular complexity index is 213. The van der Waals surface area contributed by atoms with Gasteiger partial charge in [-0.05, 0) is 19.1 Å². The molecule has 0 amide bonds. The van der Waals surface area contributed by atoms with Gasteiger partial charge in [-0.2, -0.15) is 0 Å². The summed E-state index contributed by atoms with van der Waals surface area (Å²) in [5, 5.41) is 0. The van der Waals surface area contributed by atoms with Gasteiger partial charge in [-0.25, -0.2) is 0 Å². The lowest BCUT2D eigenvalue weighted by atomic mass is 10.4. The summed E-state index contributed by atoms with van der Waals surface area (Å²) in [7, 11) is 0. The maximum atomic E-state index is 10.4. The van der Waals surface area contributed by atoms with E-state index in [9.17, 15) is 4.79 Å². The lowest BCUT2D eigenvalue weighted by molar-refractivity contribution is -0.122. The quantitative estimate of drug-likeness (QED) is 0.657. The first-order valence-corrected chi connectivity index (χ1v) is 3.38. The van der Waals surface area contributed by atoms with E-state index in [1.54, 1.807) is 18.4 Å². The van der Waals surface area contributed by atoms with Crippen LogP contribution in [0.3, 0.4) is 0 Å². The lowest BCUT2D eigenvalue weighted by Gasteiger charge is -1.96. The van der Waals surface area contributed by atoms with Crippen LogP contribution in [0.5, 0.6) is 0 Å². The minimum atomic E-state index is 0.0246. The van der Waals surface area contributed by atoms with Gasteiger partial charge in [-0.15, -0.1) is 0 Å². The Balaban J connectivity index is 2.19. The van der Waals surface area contributed by atoms with E-state index in [2.05, 4.69) is 0 Å². The van der Waals surface area contributed by atoms with Crippen molar-refractivity contribution in [1.29, 1.82) is 0 Å². The molecule has 0 aromatic carbocycles. The van der Waals surface area contributed by atoms with E-state index in [-0.39, 0.29) is 12.4 Å². The van der Waals surface area contributed by atoms with Crippen molar-refractivity contribution in [3.05, 3.63) is 24.2 Å². The van der Waals surface area contributed by atoms with E-state index in [4.69, 9.17) is 9.15 Å². The summed E-state index contributed by atoms with van der Waals surface area (Å²) in [6.07, 6.45) is 1.58. The normalized spacial score (nSPS) is 9.91. The molecule has 0 bridgehead atoms. The number of Topliss-reactive ketones (excluding diaryl/α,β-unsaturated/α-hetero) is 1. The third kappa shape index (κ3) is 3.00. The highest BCUT2D eigenvalue weighted by Gasteiger charge is 1.96. The Morgan fingerprint density at radius 1 is 1.73 bits per heavy atom. The molecule has 1 heterocycles. The van der Waals surface area contributed by atoms with Gasteiger partial charge in [0, 0.05) is 0 Å². The number of carbonyl (C=O) groups excluding carboxylic acids is 1. The van der Waals surface area contributed by atoms with Crippen LogP contribution in [0.15, 0.2) is 22.8 Å². The minimum Gasteiger partial charge on any atom is -0.467 e. The first-order chi connectivity index (χ1) is 5.29. The predicted molar refractivity (Wildman–Crippen MR) is 39.0 cm³/mol. The molecule has 0 spiro atoms. The molecule has 0 N–H and O–H groups in total. The first kappa shape index (κ1) is 8.01. The Hall–Kier alpha value is -1.09. The number of hydrogen-bond acceptors (Lipinski definition) is 3. The number of ketones is 1. The van der Waals surface area contributed by atoms with Crippen molar-refractivity contribution in [2.24, 2.45) is 0 Å². The second-order valence-corrected chi connectivity index (χ2v) is 2.27. The monoisotopic (exact) mass is 154 g/mol. The number of ether oxygens (including phenoxy) is 1. The summed E-state index contributed by atoms with van der Waals surface area (Å²) in [6, 6.07) is 3.59. The summed E-state index contributed by atoms with van der Waals surface area (Å²) in [4.78, 5) is 10.4. The third-order valence-corrected chi connectivity index (χ3v) is 1.13. The van der Waals surface area contributed by atoms with Gasteiger partial charge in [0.1, 0.15) is 19.0 Å². The van der Waals surface area contributed by atoms with Gasteiger partial charge in [-0.1, -0.05) is 0 Å². The third-order valence-electron chi connectivity index (χ3n) is 1.13. The average molecular weight is 154 g/mol. The molecule has 60 valence electrons. The summed E-state index contributed by atoms with van der Waals surface area (Å²) < 4.78 is 9.98. The Morgan fingerprint density at radius 3 is 3.09 bits per heavy atom. The highest BCUT2D eigenvalue weighted by molar-refractivity contribution is 5.76. The Labute approximate surface area is 65.0 Å². The fraction of sp³-hybridized carbons (Fsp3) is 0.375. The van der Waals surface area contributed by atoms with Crippen LogP contribution >= 0.6 is 0 Å². The van der Waals surface area contributed by atoms with Gasteiger partial charge in [0.05, 0.1) is 6.26 Å². The molecular formula is C8H10O3. The lowest BCUT2D eigenvalue weighted by Crippen LogP contribution is -2.02. The van der Waals surface area contributed by atoms with Gasteiger partial charge in [-0.3, -0.25) is 4.79 Å². The molecule has 0 saturated heterocycles. The fourth-order valence-electron chi connectivity index (χ4n) is 0.690. The van der Waals surface area contributed by atoms with Gasteiger partial charge in [0.25, 0.3) is 0 Å². The molecule has 1 aromatic rings. The summed E-state index contributed by atoms with van der Waals surface area (Å²) in [5.74, 6) is 0.766. The van der Waals surface area contributed by atoms with E-state index in [1.165, 1.54) is 6.92 Å². The second-order valence-electron chi connectivity index (χ2n) is 2.27. The van der Waals surface area contributed by atoms with Crippen molar-refractivity contribution in [3.63, 3.8) is 0 Å². The number of hydrogen-bond donors (Lipinski definition) is 0. The number of carbonyl (C=O) groups is 1. The summed E-state index contributed by atoms with van der Waals surface area (Å²) in [6.45, 7) is 2.01. The molecule has 0 unspecified atom stereocenters. The topological polar surface area (TPSA) is 39.4 Å². The highest BCUT2D eigenvalue weighted by Crippen LogP contribution is 2.00. The molecule has 0 aliphatic carbocycles. The molecule has 0 radical (unpaired) electrons. The Kier molecular flexibility index (Phi) is 2.86. The molecule has 11 heavy (non-hydrogen) atoms. The van der Waals surface area contributed by atoms with Crippen LogP contribution in [0.4, 0.5) is 0 Å². The highest BCUT2D eigenvalue weighted by atomic mass is 16.5. The zero-order valence-electron chi connectivity index (χ0n) is 6.37. The van der Waals surface area contributed by atoms with Crippen molar-refractivity contribution < 1.29 is 13.9 Å². The van der Waals surface area contributed by atoms with Crippen LogP contribution in [-0.4, -0.2) is 12.4 Å². The largest absolute Gasteiger partial charge is 0.467 e. The average Bonchev–Trinajstić information content (AvgIpc) is 2.39. The van der Waals surface area contributed by atoms with E-state index in [1.807, 2.05) is 0 Å². The van der Waals surface area contributed by atoms with Crippen molar-refractivity contribution >= 4 is 5.78 Å². The molecule has 0 aliphatic heterocycles. The molecule has 0 aliphatic rings. The molecule has 0 fully saturated rings. The molecular weight excluding hydrogens is 144 g/mol. The van der Waals surface area contributed by atoms with Crippen molar-refractivity contribution in [1.82, 2.24) is 0 Å². The fourth-order valence-corrected chi connectivity index (χ4v) is 0.690. The molecule has 1 rings (SSSR count). The SMILES string of the molecule is CC(=O)COCc1ccco1. The zero-order valence-corrected chi connectivity index (χ0v) is 6.37. The van der Waals surface area contributed by atoms with E-state index >= 15 is 0 Å². The molecule has 3 heteroatoms. The van der Waals surface area contributed by atoms with Gasteiger partial charge in [0.15, 0.2) is 5.78 Å². The first-order valence-electron chi connectivity index (χ1n) is 3.38. The van der Waals surface area contributed by atoms with Crippen LogP contribution in [0.1, 0.15) is 12.7 Å². The summed E-state index contributed by atoms with van der Waals surface area (Å²) in [5.41, 5.74) is 0. The van der Waals surface area contributed by atoms with Crippen molar-refractivity contribution in [3.8, 4) is 0 Å². The van der Waals surface area contributed by atoms with Gasteiger partial charge in [0.2, 0.25) is 0 Å². The molecule has 1 aromatic heterocycles. The van der Waals surface area contributed by atoms with Crippen molar-refractivity contribution in [2.75, 3.05) is 6.61 Å². The smallest absolute Gasteiger partial charge is 0.155 e. The van der Waals surface area contributed by atoms with Crippen LogP contribution < -0.4 is 0 Å². The van der Waals surface area contributed by atoms with Gasteiger partial charge >= 0.3 is 0 Å². The zero-order chi connectivity index (χ0) is 8.10. The second kappa shape index (κ2) is 3.93. The van der Waals surface area contributed by atoms with Crippen LogP contribution in [0, 0.1) is 0 Å². The maximum absolute atomic E-state index is 10.4. The van der Waals surface area contributed by atoms with Gasteiger partial charge < -0.3 is 9.15 Å². The minimum absolute atomic E-state index is 0.0246. The van der Waals surface area contributed by atoms with E-state index in [0.717, 1.165) is 5.76 Å². The van der Waals surface area contributed by atoms with E-state index < -0.39 is 0 Å².